The van der Waals surface area contributed by atoms with E-state index in [0.717, 1.165) is 23.0 Å². The number of nitrogens with zero attached hydrogens (tertiary/aromatic N) is 3. The monoisotopic (exact) mass is 200 g/mol. The van der Waals surface area contributed by atoms with Gasteiger partial charge in [-0.1, -0.05) is 18.8 Å². The summed E-state index contributed by atoms with van der Waals surface area (Å²) in [6, 6.07) is 0. The highest BCUT2D eigenvalue weighted by Gasteiger charge is 2.09. The van der Waals surface area contributed by atoms with E-state index in [4.69, 9.17) is 5.73 Å². The predicted octanol–water partition coefficient (Wildman–Crippen LogP) is 1.31. The molecule has 2 rings (SSSR count). The van der Waals surface area contributed by atoms with E-state index in [9.17, 15) is 0 Å². The largest absolute Gasteiger partial charge is 0.383 e. The molecule has 0 unspecified atom stereocenters. The topological polar surface area (TPSA) is 56.7 Å². The van der Waals surface area contributed by atoms with Crippen molar-refractivity contribution in [1.29, 1.82) is 0 Å². The first-order valence-electron chi connectivity index (χ1n) is 4.78. The molecule has 2 aromatic heterocycles. The summed E-state index contributed by atoms with van der Waals surface area (Å²) >= 11 is 0. The maximum atomic E-state index is 5.81. The van der Waals surface area contributed by atoms with Crippen LogP contribution in [0.15, 0.2) is 12.5 Å². The predicted molar refractivity (Wildman–Crippen MR) is 60.1 cm³/mol. The molecule has 0 amide bonds. The van der Waals surface area contributed by atoms with Gasteiger partial charge in [0.25, 0.3) is 0 Å². The van der Waals surface area contributed by atoms with Crippen LogP contribution in [0.2, 0.25) is 0 Å². The van der Waals surface area contributed by atoms with Gasteiger partial charge in [-0.15, -0.1) is 0 Å². The van der Waals surface area contributed by atoms with Crippen molar-refractivity contribution in [2.45, 2.75) is 13.3 Å². The molecule has 2 N–H and O–H groups in total. The number of aromatic nitrogens is 3. The third-order valence-electron chi connectivity index (χ3n) is 2.18. The molecule has 4 nitrogen and oxygen atoms in total. The fourth-order valence-corrected chi connectivity index (χ4v) is 1.51. The third kappa shape index (κ3) is 1.52. The maximum Gasteiger partial charge on any atom is 0.146 e. The molecule has 0 saturated carbocycles. The van der Waals surface area contributed by atoms with Gasteiger partial charge in [0, 0.05) is 19.7 Å². The number of anilines is 1. The van der Waals surface area contributed by atoms with Crippen molar-refractivity contribution in [2.24, 2.45) is 7.05 Å². The minimum Gasteiger partial charge on any atom is -0.383 e. The van der Waals surface area contributed by atoms with Crippen LogP contribution in [0.25, 0.3) is 11.0 Å². The second-order valence-electron chi connectivity index (χ2n) is 3.27. The molecule has 2 heterocycles. The van der Waals surface area contributed by atoms with Crippen molar-refractivity contribution < 1.29 is 0 Å². The number of hydrogen-bond acceptors (Lipinski definition) is 3. The molecular weight excluding hydrogens is 188 g/mol. The van der Waals surface area contributed by atoms with Crippen LogP contribution in [0.3, 0.4) is 0 Å². The fourth-order valence-electron chi connectivity index (χ4n) is 1.51. The van der Waals surface area contributed by atoms with E-state index in [2.05, 4.69) is 21.8 Å². The van der Waals surface area contributed by atoms with Crippen molar-refractivity contribution in [3.8, 4) is 11.8 Å². The summed E-state index contributed by atoms with van der Waals surface area (Å²) in [5.74, 6) is 6.58. The summed E-state index contributed by atoms with van der Waals surface area (Å²) in [6.07, 6.45) is 4.22. The number of fused-ring (bicyclic) bond motifs is 1. The van der Waals surface area contributed by atoms with Gasteiger partial charge in [-0.05, 0) is 0 Å². The standard InChI is InChI=1S/C11H12N4/c1-3-4-5-8-6-15(2)11-9(8)10(12)13-7-14-11/h6-7H,3H2,1-2H3,(H2,12,13,14). The lowest BCUT2D eigenvalue weighted by molar-refractivity contribution is 0.943. The molecular formula is C11H12N4. The Labute approximate surface area is 88.1 Å². The number of hydrogen-bond donors (Lipinski definition) is 1. The summed E-state index contributed by atoms with van der Waals surface area (Å²) in [5, 5.41) is 0.848. The Balaban J connectivity index is 2.75. The van der Waals surface area contributed by atoms with E-state index in [0.29, 0.717) is 5.82 Å². The SMILES string of the molecule is CCC#Cc1cn(C)c2ncnc(N)c12. The van der Waals surface area contributed by atoms with Gasteiger partial charge in [0.2, 0.25) is 0 Å². The minimum atomic E-state index is 0.487. The van der Waals surface area contributed by atoms with Gasteiger partial charge in [0.1, 0.15) is 17.8 Å². The molecule has 76 valence electrons. The first kappa shape index (κ1) is 9.53. The lowest BCUT2D eigenvalue weighted by Crippen LogP contribution is -1.94. The van der Waals surface area contributed by atoms with Gasteiger partial charge >= 0.3 is 0 Å². The van der Waals surface area contributed by atoms with Crippen LogP contribution in [-0.2, 0) is 7.05 Å². The van der Waals surface area contributed by atoms with Gasteiger partial charge in [-0.3, -0.25) is 0 Å². The fraction of sp³-hybridized carbons (Fsp3) is 0.273. The molecule has 0 aliphatic carbocycles. The molecule has 0 fully saturated rings. The molecule has 0 bridgehead atoms. The van der Waals surface area contributed by atoms with Gasteiger partial charge in [-0.25, -0.2) is 9.97 Å². The lowest BCUT2D eigenvalue weighted by Gasteiger charge is -1.95. The van der Waals surface area contributed by atoms with E-state index < -0.39 is 0 Å². The van der Waals surface area contributed by atoms with E-state index in [1.807, 2.05) is 24.7 Å². The zero-order chi connectivity index (χ0) is 10.8. The number of rotatable bonds is 0. The van der Waals surface area contributed by atoms with E-state index >= 15 is 0 Å². The first-order valence-corrected chi connectivity index (χ1v) is 4.78. The highest BCUT2D eigenvalue weighted by Crippen LogP contribution is 2.21. The highest BCUT2D eigenvalue weighted by atomic mass is 15.0. The van der Waals surface area contributed by atoms with Crippen molar-refractivity contribution in [3.63, 3.8) is 0 Å². The summed E-state index contributed by atoms with van der Waals surface area (Å²) in [7, 11) is 1.92. The molecule has 2 aromatic rings. The van der Waals surface area contributed by atoms with E-state index in [1.54, 1.807) is 0 Å². The average Bonchev–Trinajstić information content (AvgIpc) is 2.55. The molecule has 4 heteroatoms. The van der Waals surface area contributed by atoms with Crippen LogP contribution in [0.5, 0.6) is 0 Å². The second-order valence-corrected chi connectivity index (χ2v) is 3.27. The zero-order valence-corrected chi connectivity index (χ0v) is 8.78. The van der Waals surface area contributed by atoms with E-state index in [1.165, 1.54) is 6.33 Å². The van der Waals surface area contributed by atoms with Crippen LogP contribution in [0.1, 0.15) is 18.9 Å². The molecule has 0 saturated heterocycles. The van der Waals surface area contributed by atoms with Gasteiger partial charge < -0.3 is 10.3 Å². The summed E-state index contributed by atoms with van der Waals surface area (Å²) in [5.41, 5.74) is 7.53. The molecule has 0 aliphatic heterocycles. The van der Waals surface area contributed by atoms with Crippen LogP contribution in [0, 0.1) is 11.8 Å². The second kappa shape index (κ2) is 3.62. The van der Waals surface area contributed by atoms with Crippen molar-refractivity contribution >= 4 is 16.9 Å². The Morgan fingerprint density at radius 3 is 3.00 bits per heavy atom. The van der Waals surface area contributed by atoms with Crippen LogP contribution in [-0.4, -0.2) is 14.5 Å². The Morgan fingerprint density at radius 1 is 1.47 bits per heavy atom. The number of nitrogens with two attached hydrogens (primary N) is 1. The van der Waals surface area contributed by atoms with E-state index in [-0.39, 0.29) is 0 Å². The van der Waals surface area contributed by atoms with Gasteiger partial charge in [0.05, 0.1) is 10.9 Å². The smallest absolute Gasteiger partial charge is 0.146 e. The quantitative estimate of drug-likeness (QED) is 0.652. The molecule has 0 atom stereocenters. The van der Waals surface area contributed by atoms with Crippen LogP contribution >= 0.6 is 0 Å². The molecule has 0 radical (unpaired) electrons. The maximum absolute atomic E-state index is 5.81. The Kier molecular flexibility index (Phi) is 2.30. The van der Waals surface area contributed by atoms with Gasteiger partial charge in [-0.2, -0.15) is 0 Å². The summed E-state index contributed by atoms with van der Waals surface area (Å²) in [4.78, 5) is 8.15. The zero-order valence-electron chi connectivity index (χ0n) is 8.78. The first-order chi connectivity index (χ1) is 7.24. The Morgan fingerprint density at radius 2 is 2.27 bits per heavy atom. The average molecular weight is 200 g/mol. The Bertz CT molecular complexity index is 557. The number of nitrogen functional groups attached to an aromatic ring is 1. The molecule has 0 aliphatic rings. The van der Waals surface area contributed by atoms with Crippen molar-refractivity contribution in [1.82, 2.24) is 14.5 Å². The third-order valence-corrected chi connectivity index (χ3v) is 2.18. The minimum absolute atomic E-state index is 0.487. The van der Waals surface area contributed by atoms with Gasteiger partial charge in [0.15, 0.2) is 0 Å². The van der Waals surface area contributed by atoms with Crippen LogP contribution in [0.4, 0.5) is 5.82 Å². The van der Waals surface area contributed by atoms with Crippen molar-refractivity contribution in [2.75, 3.05) is 5.73 Å². The molecule has 0 aromatic carbocycles. The number of aryl methyl sites for hydroxylation is 1. The summed E-state index contributed by atoms with van der Waals surface area (Å²) < 4.78 is 1.91. The van der Waals surface area contributed by atoms with Crippen LogP contribution < -0.4 is 5.73 Å². The molecule has 15 heavy (non-hydrogen) atoms. The highest BCUT2D eigenvalue weighted by molar-refractivity contribution is 5.92. The Hall–Kier alpha value is -2.02. The normalized spacial score (nSPS) is 10.0. The summed E-state index contributed by atoms with van der Waals surface area (Å²) in [6.45, 7) is 2.01. The van der Waals surface area contributed by atoms with Crippen molar-refractivity contribution in [3.05, 3.63) is 18.1 Å². The molecule has 0 spiro atoms. The lowest BCUT2D eigenvalue weighted by atomic mass is 10.2.